The molecule has 0 rings (SSSR count). The first-order valence-corrected chi connectivity index (χ1v) is 6.78. The summed E-state index contributed by atoms with van der Waals surface area (Å²) in [6.45, 7) is 7.04. The fourth-order valence-electron chi connectivity index (χ4n) is 1.46. The van der Waals surface area contributed by atoms with E-state index in [1.54, 1.807) is 0 Å². The number of aliphatic hydroxyl groups is 2. The lowest BCUT2D eigenvalue weighted by atomic mass is 10.1. The van der Waals surface area contributed by atoms with E-state index in [4.69, 9.17) is 9.84 Å². The number of hydrogen-bond donors (Lipinski definition) is 3. The van der Waals surface area contributed by atoms with Crippen LogP contribution in [-0.4, -0.2) is 49.2 Å². The lowest BCUT2D eigenvalue weighted by molar-refractivity contribution is 0.0359. The Kier molecular flexibility index (Phi) is 12.2. The first kappa shape index (κ1) is 16.8. The van der Waals surface area contributed by atoms with Gasteiger partial charge in [-0.15, -0.1) is 0 Å². The Morgan fingerprint density at radius 3 is 2.71 bits per heavy atom. The molecule has 0 aliphatic rings. The van der Waals surface area contributed by atoms with Crippen molar-refractivity contribution in [2.45, 2.75) is 45.6 Å². The summed E-state index contributed by atoms with van der Waals surface area (Å²) in [7, 11) is 0. The molecule has 0 fully saturated rings. The van der Waals surface area contributed by atoms with E-state index in [1.165, 1.54) is 0 Å². The third-order valence-electron chi connectivity index (χ3n) is 2.69. The zero-order valence-electron chi connectivity index (χ0n) is 11.3. The van der Waals surface area contributed by atoms with Crippen molar-refractivity contribution in [3.63, 3.8) is 0 Å². The highest BCUT2D eigenvalue weighted by molar-refractivity contribution is 4.59. The molecule has 0 heterocycles. The molecule has 17 heavy (non-hydrogen) atoms. The highest BCUT2D eigenvalue weighted by Gasteiger charge is 2.04. The minimum atomic E-state index is -0.415. The smallest absolute Gasteiger partial charge is 0.0897 e. The summed E-state index contributed by atoms with van der Waals surface area (Å²) in [5, 5.41) is 21.6. The molecule has 0 radical (unpaired) electrons. The maximum absolute atomic E-state index is 9.58. The highest BCUT2D eigenvalue weighted by Crippen LogP contribution is 2.02. The third kappa shape index (κ3) is 12.1. The molecule has 3 N–H and O–H groups in total. The summed E-state index contributed by atoms with van der Waals surface area (Å²) >= 11 is 0. The summed E-state index contributed by atoms with van der Waals surface area (Å²) < 4.78 is 5.33. The first-order valence-electron chi connectivity index (χ1n) is 6.78. The van der Waals surface area contributed by atoms with Crippen LogP contribution in [0.4, 0.5) is 0 Å². The van der Waals surface area contributed by atoms with Gasteiger partial charge in [0, 0.05) is 19.8 Å². The predicted octanol–water partition coefficient (Wildman–Crippen LogP) is 1.16. The molecule has 2 unspecified atom stereocenters. The predicted molar refractivity (Wildman–Crippen MR) is 70.1 cm³/mol. The molecule has 4 heteroatoms. The number of aliphatic hydroxyl groups excluding tert-OH is 2. The average Bonchev–Trinajstić information content (AvgIpc) is 2.34. The van der Waals surface area contributed by atoms with E-state index in [-0.39, 0.29) is 6.61 Å². The fourth-order valence-corrected chi connectivity index (χ4v) is 1.46. The van der Waals surface area contributed by atoms with Gasteiger partial charge in [-0.25, -0.2) is 0 Å². The molecule has 2 atom stereocenters. The summed E-state index contributed by atoms with van der Waals surface area (Å²) in [6, 6.07) is 0. The Balaban J connectivity index is 3.18. The second kappa shape index (κ2) is 12.3. The van der Waals surface area contributed by atoms with Crippen molar-refractivity contribution in [3.05, 3.63) is 0 Å². The maximum atomic E-state index is 9.58. The maximum Gasteiger partial charge on any atom is 0.0897 e. The van der Waals surface area contributed by atoms with Gasteiger partial charge in [0.1, 0.15) is 0 Å². The van der Waals surface area contributed by atoms with Crippen molar-refractivity contribution >= 4 is 0 Å². The van der Waals surface area contributed by atoms with Gasteiger partial charge in [0.2, 0.25) is 0 Å². The van der Waals surface area contributed by atoms with Crippen LogP contribution in [0.25, 0.3) is 0 Å². The largest absolute Gasteiger partial charge is 0.396 e. The Morgan fingerprint density at radius 2 is 2.06 bits per heavy atom. The Morgan fingerprint density at radius 1 is 1.29 bits per heavy atom. The normalized spacial score (nSPS) is 14.8. The standard InChI is InChI=1S/C13H29NO3/c1-3-4-8-17-11-13(16)9-14-7-5-6-12(2)10-15/h12-16H,3-11H2,1-2H3. The van der Waals surface area contributed by atoms with Crippen molar-refractivity contribution in [1.82, 2.24) is 5.32 Å². The van der Waals surface area contributed by atoms with Crippen LogP contribution in [0.5, 0.6) is 0 Å². The van der Waals surface area contributed by atoms with E-state index in [2.05, 4.69) is 12.2 Å². The van der Waals surface area contributed by atoms with Gasteiger partial charge < -0.3 is 20.3 Å². The zero-order chi connectivity index (χ0) is 12.9. The average molecular weight is 247 g/mol. The Bertz CT molecular complexity index is 156. The van der Waals surface area contributed by atoms with Crippen LogP contribution in [0, 0.1) is 5.92 Å². The summed E-state index contributed by atoms with van der Waals surface area (Å²) in [6.07, 6.45) is 3.82. The first-order chi connectivity index (χ1) is 8.20. The molecule has 0 saturated heterocycles. The molecule has 0 aromatic carbocycles. The van der Waals surface area contributed by atoms with Crippen LogP contribution in [0.1, 0.15) is 39.5 Å². The highest BCUT2D eigenvalue weighted by atomic mass is 16.5. The number of nitrogens with one attached hydrogen (secondary N) is 1. The molecule has 0 aromatic heterocycles. The van der Waals surface area contributed by atoms with E-state index in [9.17, 15) is 5.11 Å². The van der Waals surface area contributed by atoms with Crippen molar-refractivity contribution in [2.24, 2.45) is 5.92 Å². The van der Waals surface area contributed by atoms with Gasteiger partial charge in [0.15, 0.2) is 0 Å². The molecule has 0 aliphatic heterocycles. The van der Waals surface area contributed by atoms with E-state index in [1.807, 2.05) is 6.92 Å². The molecule has 0 amide bonds. The topological polar surface area (TPSA) is 61.7 Å². The van der Waals surface area contributed by atoms with Gasteiger partial charge >= 0.3 is 0 Å². The van der Waals surface area contributed by atoms with Crippen molar-refractivity contribution in [1.29, 1.82) is 0 Å². The number of unbranched alkanes of at least 4 members (excludes halogenated alkanes) is 1. The molecule has 0 aliphatic carbocycles. The quantitative estimate of drug-likeness (QED) is 0.453. The van der Waals surface area contributed by atoms with E-state index >= 15 is 0 Å². The monoisotopic (exact) mass is 247 g/mol. The lowest BCUT2D eigenvalue weighted by Crippen LogP contribution is -2.31. The van der Waals surface area contributed by atoms with Crippen LogP contribution in [0.15, 0.2) is 0 Å². The Hall–Kier alpha value is -0.160. The van der Waals surface area contributed by atoms with Crippen LogP contribution >= 0.6 is 0 Å². The van der Waals surface area contributed by atoms with Crippen LogP contribution in [-0.2, 0) is 4.74 Å². The van der Waals surface area contributed by atoms with Gasteiger partial charge in [-0.2, -0.15) is 0 Å². The molecular formula is C13H29NO3. The summed E-state index contributed by atoms with van der Waals surface area (Å²) in [5.74, 6) is 0.374. The van der Waals surface area contributed by atoms with Crippen molar-refractivity contribution < 1.29 is 14.9 Å². The fraction of sp³-hybridized carbons (Fsp3) is 1.00. The van der Waals surface area contributed by atoms with Gasteiger partial charge in [-0.3, -0.25) is 0 Å². The van der Waals surface area contributed by atoms with Crippen LogP contribution in [0.3, 0.4) is 0 Å². The van der Waals surface area contributed by atoms with Crippen molar-refractivity contribution in [2.75, 3.05) is 32.9 Å². The number of ether oxygens (including phenoxy) is 1. The third-order valence-corrected chi connectivity index (χ3v) is 2.69. The minimum Gasteiger partial charge on any atom is -0.396 e. The molecule has 0 spiro atoms. The minimum absolute atomic E-state index is 0.258. The number of rotatable bonds is 12. The van der Waals surface area contributed by atoms with E-state index in [0.717, 1.165) is 38.8 Å². The van der Waals surface area contributed by atoms with E-state index in [0.29, 0.717) is 19.1 Å². The molecular weight excluding hydrogens is 218 g/mol. The SMILES string of the molecule is CCCCOCC(O)CNCCCC(C)CO. The zero-order valence-corrected chi connectivity index (χ0v) is 11.3. The van der Waals surface area contributed by atoms with Crippen LogP contribution < -0.4 is 5.32 Å². The second-order valence-corrected chi connectivity index (χ2v) is 4.72. The van der Waals surface area contributed by atoms with Crippen LogP contribution in [0.2, 0.25) is 0 Å². The summed E-state index contributed by atoms with van der Waals surface area (Å²) in [5.41, 5.74) is 0. The van der Waals surface area contributed by atoms with Crippen molar-refractivity contribution in [3.8, 4) is 0 Å². The molecule has 104 valence electrons. The van der Waals surface area contributed by atoms with Gasteiger partial charge in [0.25, 0.3) is 0 Å². The second-order valence-electron chi connectivity index (χ2n) is 4.72. The number of hydrogen-bond acceptors (Lipinski definition) is 4. The molecule has 0 aromatic rings. The van der Waals surface area contributed by atoms with E-state index < -0.39 is 6.10 Å². The van der Waals surface area contributed by atoms with Gasteiger partial charge in [-0.05, 0) is 31.7 Å². The lowest BCUT2D eigenvalue weighted by Gasteiger charge is -2.13. The molecule has 0 bridgehead atoms. The molecule has 4 nitrogen and oxygen atoms in total. The molecule has 0 saturated carbocycles. The van der Waals surface area contributed by atoms with Gasteiger partial charge in [0.05, 0.1) is 12.7 Å². The van der Waals surface area contributed by atoms with Gasteiger partial charge in [-0.1, -0.05) is 20.3 Å². The summed E-state index contributed by atoms with van der Waals surface area (Å²) in [4.78, 5) is 0. The Labute approximate surface area is 105 Å².